The van der Waals surface area contributed by atoms with Crippen LogP contribution >= 0.6 is 22.6 Å². The Balaban J connectivity index is 2.45. The van der Waals surface area contributed by atoms with Gasteiger partial charge in [0, 0.05) is 35.0 Å². The SMILES string of the molecule is Ic1nnc(-c2cncnc2)o1. The Morgan fingerprint density at radius 2 is 1.92 bits per heavy atom. The Kier molecular flexibility index (Phi) is 1.98. The van der Waals surface area contributed by atoms with Gasteiger partial charge in [-0.25, -0.2) is 9.97 Å². The monoisotopic (exact) mass is 274 g/mol. The number of hydrogen-bond donors (Lipinski definition) is 0. The van der Waals surface area contributed by atoms with E-state index in [0.717, 1.165) is 5.56 Å². The lowest BCUT2D eigenvalue weighted by molar-refractivity contribution is 0.536. The van der Waals surface area contributed by atoms with Crippen LogP contribution in [0.4, 0.5) is 0 Å². The minimum Gasteiger partial charge on any atom is -0.412 e. The highest BCUT2D eigenvalue weighted by Gasteiger charge is 2.05. The van der Waals surface area contributed by atoms with Crippen molar-refractivity contribution < 1.29 is 4.42 Å². The fourth-order valence-corrected chi connectivity index (χ4v) is 1.05. The summed E-state index contributed by atoms with van der Waals surface area (Å²) in [6, 6.07) is 0. The Bertz CT molecular complexity index is 374. The molecule has 2 aromatic rings. The van der Waals surface area contributed by atoms with Gasteiger partial charge in [0.2, 0.25) is 0 Å². The maximum atomic E-state index is 5.15. The zero-order valence-electron chi connectivity index (χ0n) is 5.81. The van der Waals surface area contributed by atoms with E-state index < -0.39 is 0 Å². The van der Waals surface area contributed by atoms with Gasteiger partial charge < -0.3 is 4.42 Å². The van der Waals surface area contributed by atoms with Crippen LogP contribution in [0.3, 0.4) is 0 Å². The van der Waals surface area contributed by atoms with Crippen molar-refractivity contribution >= 4 is 22.6 Å². The molecule has 0 spiro atoms. The largest absolute Gasteiger partial charge is 0.412 e. The molecule has 2 heterocycles. The van der Waals surface area contributed by atoms with Crippen molar-refractivity contribution in [2.45, 2.75) is 0 Å². The molecule has 2 rings (SSSR count). The van der Waals surface area contributed by atoms with Crippen molar-refractivity contribution in [2.75, 3.05) is 0 Å². The van der Waals surface area contributed by atoms with E-state index in [9.17, 15) is 0 Å². The van der Waals surface area contributed by atoms with Gasteiger partial charge in [0.1, 0.15) is 6.33 Å². The summed E-state index contributed by atoms with van der Waals surface area (Å²) in [4.78, 5) is 7.66. The molecule has 2 aromatic heterocycles. The summed E-state index contributed by atoms with van der Waals surface area (Å²) in [6.45, 7) is 0. The van der Waals surface area contributed by atoms with E-state index in [1.807, 2.05) is 22.6 Å². The molecule has 6 heteroatoms. The van der Waals surface area contributed by atoms with Crippen molar-refractivity contribution in [1.82, 2.24) is 20.2 Å². The smallest absolute Gasteiger partial charge is 0.278 e. The first kappa shape index (κ1) is 7.59. The minimum absolute atomic E-state index is 0.444. The minimum atomic E-state index is 0.444. The second kappa shape index (κ2) is 3.13. The number of nitrogens with zero attached hydrogens (tertiary/aromatic N) is 4. The molecule has 0 atom stereocenters. The topological polar surface area (TPSA) is 64.7 Å². The third-order valence-electron chi connectivity index (χ3n) is 1.21. The van der Waals surface area contributed by atoms with Gasteiger partial charge in [0.25, 0.3) is 9.79 Å². The molecular weight excluding hydrogens is 271 g/mol. The molecule has 0 aromatic carbocycles. The first-order chi connectivity index (χ1) is 5.86. The van der Waals surface area contributed by atoms with Crippen molar-refractivity contribution in [2.24, 2.45) is 0 Å². The van der Waals surface area contributed by atoms with Gasteiger partial charge in [-0.1, -0.05) is 0 Å². The highest BCUT2D eigenvalue weighted by molar-refractivity contribution is 14.1. The standard InChI is InChI=1S/C6H3IN4O/c7-6-11-10-5(12-6)4-1-8-3-9-2-4/h1-3H. The summed E-state index contributed by atoms with van der Waals surface area (Å²) >= 11 is 1.95. The highest BCUT2D eigenvalue weighted by atomic mass is 127. The third-order valence-corrected chi connectivity index (χ3v) is 1.64. The Hall–Kier alpha value is -1.05. The molecule has 0 unspecified atom stereocenters. The lowest BCUT2D eigenvalue weighted by Gasteiger charge is -1.88. The molecule has 0 N–H and O–H groups in total. The molecule has 0 radical (unpaired) electrons. The van der Waals surface area contributed by atoms with Crippen LogP contribution in [-0.4, -0.2) is 20.2 Å². The van der Waals surface area contributed by atoms with Crippen LogP contribution in [0.1, 0.15) is 0 Å². The summed E-state index contributed by atoms with van der Waals surface area (Å²) in [5.74, 6) is 0.444. The third kappa shape index (κ3) is 1.42. The Morgan fingerprint density at radius 3 is 2.50 bits per heavy atom. The average Bonchev–Trinajstić information content (AvgIpc) is 2.54. The van der Waals surface area contributed by atoms with Crippen molar-refractivity contribution in [3.63, 3.8) is 0 Å². The van der Waals surface area contributed by atoms with Crippen LogP contribution in [0.15, 0.2) is 23.1 Å². The van der Waals surface area contributed by atoms with Gasteiger partial charge in [-0.15, -0.1) is 10.2 Å². The van der Waals surface area contributed by atoms with E-state index in [0.29, 0.717) is 9.79 Å². The van der Waals surface area contributed by atoms with Crippen LogP contribution in [-0.2, 0) is 0 Å². The molecule has 5 nitrogen and oxygen atoms in total. The fraction of sp³-hybridized carbons (Fsp3) is 0. The first-order valence-electron chi connectivity index (χ1n) is 3.10. The molecule has 0 aliphatic rings. The van der Waals surface area contributed by atoms with E-state index in [-0.39, 0.29) is 0 Å². The van der Waals surface area contributed by atoms with Gasteiger partial charge in [-0.05, 0) is 0 Å². The van der Waals surface area contributed by atoms with Gasteiger partial charge in [0.05, 0.1) is 5.56 Å². The van der Waals surface area contributed by atoms with Crippen LogP contribution < -0.4 is 0 Å². The van der Waals surface area contributed by atoms with Crippen molar-refractivity contribution in [3.05, 3.63) is 22.6 Å². The van der Waals surface area contributed by atoms with E-state index in [1.54, 1.807) is 12.4 Å². The zero-order chi connectivity index (χ0) is 8.39. The summed E-state index contributed by atoms with van der Waals surface area (Å²) in [5, 5.41) is 7.49. The summed E-state index contributed by atoms with van der Waals surface area (Å²) in [7, 11) is 0. The zero-order valence-corrected chi connectivity index (χ0v) is 7.96. The number of rotatable bonds is 1. The molecule has 0 aliphatic heterocycles. The summed E-state index contributed by atoms with van der Waals surface area (Å²) in [6.07, 6.45) is 4.69. The van der Waals surface area contributed by atoms with E-state index in [1.165, 1.54) is 6.33 Å². The van der Waals surface area contributed by atoms with Gasteiger partial charge in [-0.2, -0.15) is 0 Å². The maximum Gasteiger partial charge on any atom is 0.278 e. The predicted octanol–water partition coefficient (Wildman–Crippen LogP) is 1.13. The normalized spacial score (nSPS) is 10.1. The van der Waals surface area contributed by atoms with Gasteiger partial charge in [0.15, 0.2) is 0 Å². The average molecular weight is 274 g/mol. The molecule has 0 aliphatic carbocycles. The molecule has 0 saturated carbocycles. The number of hydrogen-bond acceptors (Lipinski definition) is 5. The number of halogens is 1. The van der Waals surface area contributed by atoms with E-state index >= 15 is 0 Å². The molecule has 12 heavy (non-hydrogen) atoms. The number of aromatic nitrogens is 4. The molecule has 0 saturated heterocycles. The second-order valence-corrected chi connectivity index (χ2v) is 2.91. The van der Waals surface area contributed by atoms with Gasteiger partial charge >= 0.3 is 0 Å². The Morgan fingerprint density at radius 1 is 1.17 bits per heavy atom. The van der Waals surface area contributed by atoms with Crippen LogP contribution in [0.5, 0.6) is 0 Å². The lowest BCUT2D eigenvalue weighted by atomic mass is 10.3. The Labute approximate surface area is 81.4 Å². The molecule has 0 fully saturated rings. The molecule has 0 amide bonds. The summed E-state index contributed by atoms with van der Waals surface area (Å²) in [5.41, 5.74) is 0.730. The maximum absolute atomic E-state index is 5.15. The van der Waals surface area contributed by atoms with Crippen molar-refractivity contribution in [1.29, 1.82) is 0 Å². The second-order valence-electron chi connectivity index (χ2n) is 1.99. The van der Waals surface area contributed by atoms with Gasteiger partial charge in [-0.3, -0.25) is 0 Å². The lowest BCUT2D eigenvalue weighted by Crippen LogP contribution is -1.81. The van der Waals surface area contributed by atoms with Crippen LogP contribution in [0.2, 0.25) is 0 Å². The fourth-order valence-electron chi connectivity index (χ4n) is 0.732. The first-order valence-corrected chi connectivity index (χ1v) is 4.18. The molecule has 60 valence electrons. The van der Waals surface area contributed by atoms with Crippen LogP contribution in [0.25, 0.3) is 11.5 Å². The van der Waals surface area contributed by atoms with E-state index in [4.69, 9.17) is 4.42 Å². The van der Waals surface area contributed by atoms with Crippen LogP contribution in [0, 0.1) is 3.90 Å². The predicted molar refractivity (Wildman–Crippen MR) is 48.0 cm³/mol. The van der Waals surface area contributed by atoms with E-state index in [2.05, 4.69) is 20.2 Å². The molecule has 0 bridgehead atoms. The highest BCUT2D eigenvalue weighted by Crippen LogP contribution is 2.15. The quantitative estimate of drug-likeness (QED) is 0.729. The van der Waals surface area contributed by atoms with Crippen molar-refractivity contribution in [3.8, 4) is 11.5 Å². The summed E-state index contributed by atoms with van der Waals surface area (Å²) < 4.78 is 5.66. The molecular formula is C6H3IN4O.